The summed E-state index contributed by atoms with van der Waals surface area (Å²) in [4.78, 5) is 52.5. The third-order valence-corrected chi connectivity index (χ3v) is 6.30. The van der Waals surface area contributed by atoms with Crippen molar-refractivity contribution in [3.8, 4) is 28.7 Å². The Balaban J connectivity index is 1.70. The van der Waals surface area contributed by atoms with Gasteiger partial charge in [0.25, 0.3) is 11.8 Å². The van der Waals surface area contributed by atoms with Gasteiger partial charge in [-0.05, 0) is 60.7 Å². The molecule has 1 aliphatic heterocycles. The molecular formula is C28H23BrN2O9. The van der Waals surface area contributed by atoms with Crippen LogP contribution in [0.25, 0.3) is 6.08 Å². The van der Waals surface area contributed by atoms with Gasteiger partial charge in [-0.25, -0.2) is 14.5 Å². The first-order chi connectivity index (χ1) is 19.2. The fourth-order valence-electron chi connectivity index (χ4n) is 3.86. The van der Waals surface area contributed by atoms with E-state index < -0.39 is 23.8 Å². The quantitative estimate of drug-likeness (QED) is 0.171. The van der Waals surface area contributed by atoms with Crippen molar-refractivity contribution in [3.05, 3.63) is 75.8 Å². The number of halogens is 1. The Morgan fingerprint density at radius 2 is 1.48 bits per heavy atom. The first-order valence-electron chi connectivity index (χ1n) is 11.6. The second-order valence-corrected chi connectivity index (χ2v) is 9.06. The predicted octanol–water partition coefficient (Wildman–Crippen LogP) is 4.37. The predicted molar refractivity (Wildman–Crippen MR) is 147 cm³/mol. The summed E-state index contributed by atoms with van der Waals surface area (Å²) in [7, 11) is 5.75. The summed E-state index contributed by atoms with van der Waals surface area (Å²) >= 11 is 3.35. The molecule has 1 saturated heterocycles. The van der Waals surface area contributed by atoms with Gasteiger partial charge in [-0.15, -0.1) is 0 Å². The summed E-state index contributed by atoms with van der Waals surface area (Å²) in [6.07, 6.45) is 1.24. The zero-order valence-electron chi connectivity index (χ0n) is 21.8. The van der Waals surface area contributed by atoms with Crippen LogP contribution in [0.3, 0.4) is 0 Å². The van der Waals surface area contributed by atoms with Gasteiger partial charge in [-0.2, -0.15) is 0 Å². The second kappa shape index (κ2) is 11.9. The zero-order chi connectivity index (χ0) is 29.0. The van der Waals surface area contributed by atoms with Crippen LogP contribution in [0.5, 0.6) is 28.7 Å². The van der Waals surface area contributed by atoms with Crippen LogP contribution in [-0.2, 0) is 9.59 Å². The highest BCUT2D eigenvalue weighted by atomic mass is 79.9. The van der Waals surface area contributed by atoms with Crippen LogP contribution < -0.4 is 33.9 Å². The van der Waals surface area contributed by atoms with Gasteiger partial charge < -0.3 is 23.7 Å². The molecule has 0 unspecified atom stereocenters. The number of methoxy groups -OCH3 is 4. The van der Waals surface area contributed by atoms with E-state index in [9.17, 15) is 19.2 Å². The molecule has 206 valence electrons. The monoisotopic (exact) mass is 610 g/mol. The molecule has 4 amide bonds. The molecule has 1 aliphatic rings. The standard InChI is InChI=1S/C28H23BrN2O9/c1-36-19-8-6-18(7-9-19)31-26(33)20(25(32)30-28(31)35)12-15-11-17(29)5-10-21(15)40-27(34)16-13-22(37-2)24(39-4)23(14-16)38-3/h5-14H,1-4H3,(H,30,32,35)/b20-12-. The highest BCUT2D eigenvalue weighted by molar-refractivity contribution is 9.10. The lowest BCUT2D eigenvalue weighted by Crippen LogP contribution is -2.54. The SMILES string of the molecule is COc1ccc(N2C(=O)NC(=O)/C(=C/c3cc(Br)ccc3OC(=O)c3cc(OC)c(OC)c(OC)c3)C2=O)cc1. The van der Waals surface area contributed by atoms with Crippen molar-refractivity contribution in [1.29, 1.82) is 0 Å². The first kappa shape index (κ1) is 28.2. The Bertz CT molecular complexity index is 1510. The Morgan fingerprint density at radius 1 is 0.825 bits per heavy atom. The minimum atomic E-state index is -0.902. The number of rotatable bonds is 8. The van der Waals surface area contributed by atoms with E-state index in [1.165, 1.54) is 64.8 Å². The Morgan fingerprint density at radius 3 is 2.05 bits per heavy atom. The van der Waals surface area contributed by atoms with E-state index in [1.807, 2.05) is 0 Å². The molecule has 11 nitrogen and oxygen atoms in total. The van der Waals surface area contributed by atoms with Crippen LogP contribution in [0.2, 0.25) is 0 Å². The van der Waals surface area contributed by atoms with E-state index in [0.717, 1.165) is 4.90 Å². The molecule has 0 spiro atoms. The van der Waals surface area contributed by atoms with Gasteiger partial charge in [-0.1, -0.05) is 15.9 Å². The summed E-state index contributed by atoms with van der Waals surface area (Å²) in [5, 5.41) is 2.16. The molecule has 0 aliphatic carbocycles. The van der Waals surface area contributed by atoms with Crippen molar-refractivity contribution in [2.75, 3.05) is 33.3 Å². The normalized spacial score (nSPS) is 14.1. The topological polar surface area (TPSA) is 130 Å². The number of nitrogens with one attached hydrogen (secondary N) is 1. The summed E-state index contributed by atoms with van der Waals surface area (Å²) in [5.74, 6) is -1.16. The summed E-state index contributed by atoms with van der Waals surface area (Å²) < 4.78 is 27.2. The van der Waals surface area contributed by atoms with Crippen molar-refractivity contribution in [2.45, 2.75) is 0 Å². The fourth-order valence-corrected chi connectivity index (χ4v) is 4.24. The highest BCUT2D eigenvalue weighted by Gasteiger charge is 2.37. The number of carbonyl (C=O) groups excluding carboxylic acids is 4. The number of nitrogens with zero attached hydrogens (tertiary/aromatic N) is 1. The molecule has 40 heavy (non-hydrogen) atoms. The third-order valence-electron chi connectivity index (χ3n) is 5.81. The molecule has 0 radical (unpaired) electrons. The molecule has 3 aromatic rings. The summed E-state index contributed by atoms with van der Waals surface area (Å²) in [6, 6.07) is 12.8. The van der Waals surface area contributed by atoms with Crippen LogP contribution in [0.15, 0.2) is 64.6 Å². The lowest BCUT2D eigenvalue weighted by molar-refractivity contribution is -0.122. The number of carbonyl (C=O) groups is 4. The Kier molecular flexibility index (Phi) is 8.39. The molecule has 0 atom stereocenters. The van der Waals surface area contributed by atoms with Crippen LogP contribution in [0, 0.1) is 0 Å². The number of amides is 4. The number of anilines is 1. The van der Waals surface area contributed by atoms with E-state index in [-0.39, 0.29) is 39.6 Å². The number of urea groups is 1. The van der Waals surface area contributed by atoms with E-state index in [4.69, 9.17) is 23.7 Å². The maximum atomic E-state index is 13.3. The third kappa shape index (κ3) is 5.61. The van der Waals surface area contributed by atoms with Crippen LogP contribution in [0.4, 0.5) is 10.5 Å². The maximum Gasteiger partial charge on any atom is 0.343 e. The van der Waals surface area contributed by atoms with Crippen molar-refractivity contribution in [2.24, 2.45) is 0 Å². The van der Waals surface area contributed by atoms with Crippen molar-refractivity contribution < 1.29 is 42.9 Å². The number of benzene rings is 3. The van der Waals surface area contributed by atoms with Gasteiger partial charge >= 0.3 is 12.0 Å². The average Bonchev–Trinajstić information content (AvgIpc) is 2.95. The molecule has 3 aromatic carbocycles. The number of hydrogen-bond donors (Lipinski definition) is 1. The molecule has 0 aromatic heterocycles. The van der Waals surface area contributed by atoms with E-state index in [0.29, 0.717) is 16.0 Å². The zero-order valence-corrected chi connectivity index (χ0v) is 23.4. The van der Waals surface area contributed by atoms with Gasteiger partial charge in [0, 0.05) is 10.0 Å². The Hall–Kier alpha value is -4.84. The lowest BCUT2D eigenvalue weighted by Gasteiger charge is -2.26. The molecule has 0 saturated carbocycles. The van der Waals surface area contributed by atoms with Crippen LogP contribution >= 0.6 is 15.9 Å². The van der Waals surface area contributed by atoms with Crippen molar-refractivity contribution >= 4 is 51.5 Å². The smallest absolute Gasteiger partial charge is 0.343 e. The van der Waals surface area contributed by atoms with E-state index >= 15 is 0 Å². The van der Waals surface area contributed by atoms with E-state index in [1.54, 1.807) is 24.3 Å². The first-order valence-corrected chi connectivity index (χ1v) is 12.4. The number of ether oxygens (including phenoxy) is 5. The van der Waals surface area contributed by atoms with Crippen molar-refractivity contribution in [1.82, 2.24) is 5.32 Å². The summed E-state index contributed by atoms with van der Waals surface area (Å²) in [5.41, 5.74) is 0.195. The number of esters is 1. The average molecular weight is 611 g/mol. The largest absolute Gasteiger partial charge is 0.497 e. The molecule has 1 N–H and O–H groups in total. The molecule has 12 heteroatoms. The lowest BCUT2D eigenvalue weighted by atomic mass is 10.1. The number of hydrogen-bond acceptors (Lipinski definition) is 9. The minimum Gasteiger partial charge on any atom is -0.497 e. The molecule has 0 bridgehead atoms. The molecular weight excluding hydrogens is 588 g/mol. The fraction of sp³-hybridized carbons (Fsp3) is 0.143. The minimum absolute atomic E-state index is 0.0444. The van der Waals surface area contributed by atoms with Gasteiger partial charge in [0.15, 0.2) is 11.5 Å². The highest BCUT2D eigenvalue weighted by Crippen LogP contribution is 2.38. The number of imide groups is 2. The maximum absolute atomic E-state index is 13.3. The molecule has 4 rings (SSSR count). The van der Waals surface area contributed by atoms with Crippen LogP contribution in [-0.4, -0.2) is 52.3 Å². The van der Waals surface area contributed by atoms with Crippen molar-refractivity contribution in [3.63, 3.8) is 0 Å². The van der Waals surface area contributed by atoms with Gasteiger partial charge in [0.1, 0.15) is 17.1 Å². The summed E-state index contributed by atoms with van der Waals surface area (Å²) in [6.45, 7) is 0. The van der Waals surface area contributed by atoms with Gasteiger partial charge in [0.2, 0.25) is 5.75 Å². The van der Waals surface area contributed by atoms with Gasteiger partial charge in [-0.3, -0.25) is 14.9 Å². The molecule has 1 fully saturated rings. The van der Waals surface area contributed by atoms with Crippen LogP contribution in [0.1, 0.15) is 15.9 Å². The molecule has 1 heterocycles. The Labute approximate surface area is 237 Å². The second-order valence-electron chi connectivity index (χ2n) is 8.14. The van der Waals surface area contributed by atoms with Gasteiger partial charge in [0.05, 0.1) is 39.7 Å². The number of barbiturate groups is 1. The van der Waals surface area contributed by atoms with E-state index in [2.05, 4.69) is 21.2 Å².